The van der Waals surface area contributed by atoms with Gasteiger partial charge in [0.15, 0.2) is 10.9 Å². The zero-order chi connectivity index (χ0) is 30.3. The summed E-state index contributed by atoms with van der Waals surface area (Å²) in [6.07, 6.45) is 0.697. The molecule has 3 atom stereocenters. The summed E-state index contributed by atoms with van der Waals surface area (Å²) in [5.41, 5.74) is 3.89. The standard InChI is InChI=1S/C18H19N9O12S2/c1-18(15(32)38-18)39-24-11(12-23-16(19)40-25-12)13(30)22-10-7(27(14(10)31)41(35,36)37)4-21-17(33)20-3-6-2-8(28)9(29)5-26(6)34/h2,5,7,10,29,34H,3-4H2,1H3,(H,22,30)(H2,19,23,25)(H2,20,21,33)(H,35,36,37)/b24-11-/t7-,10+,18?/m1/s1. The molecule has 0 radical (unpaired) electrons. The highest BCUT2D eigenvalue weighted by molar-refractivity contribution is 7.84. The number of carbonyl (C=O) groups excluding carboxylic acids is 4. The molecule has 0 aromatic carbocycles. The second-order valence-electron chi connectivity index (χ2n) is 8.38. The van der Waals surface area contributed by atoms with E-state index in [-0.39, 0.29) is 21.0 Å². The lowest BCUT2D eigenvalue weighted by atomic mass is 9.98. The number of oxime groups is 1. The summed E-state index contributed by atoms with van der Waals surface area (Å²) in [6, 6.07) is -3.32. The van der Waals surface area contributed by atoms with Crippen LogP contribution in [0, 0.1) is 0 Å². The Kier molecular flexibility index (Phi) is 7.42. The summed E-state index contributed by atoms with van der Waals surface area (Å²) in [5.74, 6) is -6.14. The van der Waals surface area contributed by atoms with Crippen molar-refractivity contribution in [2.24, 2.45) is 5.16 Å². The maximum Gasteiger partial charge on any atom is 0.398 e. The van der Waals surface area contributed by atoms with Gasteiger partial charge in [0.2, 0.25) is 17.0 Å². The van der Waals surface area contributed by atoms with Gasteiger partial charge in [-0.1, -0.05) is 5.16 Å². The summed E-state index contributed by atoms with van der Waals surface area (Å²) >= 11 is 0.673. The summed E-state index contributed by atoms with van der Waals surface area (Å²) < 4.78 is 41.7. The van der Waals surface area contributed by atoms with Crippen LogP contribution in [0.2, 0.25) is 0 Å². The van der Waals surface area contributed by atoms with Crippen LogP contribution >= 0.6 is 11.5 Å². The second kappa shape index (κ2) is 10.5. The Morgan fingerprint density at radius 1 is 1.32 bits per heavy atom. The van der Waals surface area contributed by atoms with E-state index >= 15 is 0 Å². The van der Waals surface area contributed by atoms with E-state index in [0.717, 1.165) is 6.07 Å². The fourth-order valence-corrected chi connectivity index (χ4v) is 4.66. The molecule has 2 aromatic heterocycles. The van der Waals surface area contributed by atoms with Crippen LogP contribution < -0.4 is 27.1 Å². The molecule has 21 nitrogen and oxygen atoms in total. The van der Waals surface area contributed by atoms with Crippen LogP contribution in [0.25, 0.3) is 0 Å². The van der Waals surface area contributed by atoms with Crippen LogP contribution in [0.3, 0.4) is 0 Å². The van der Waals surface area contributed by atoms with E-state index in [2.05, 4.69) is 35.2 Å². The van der Waals surface area contributed by atoms with Crippen LogP contribution in [-0.2, 0) is 40.8 Å². The van der Waals surface area contributed by atoms with Crippen LogP contribution in [0.1, 0.15) is 18.4 Å². The van der Waals surface area contributed by atoms with Crippen molar-refractivity contribution in [3.05, 3.63) is 34.0 Å². The SMILES string of the molecule is CC1(O/N=C(\C(=O)N[C@@H]2C(=O)N(S(=O)(=O)O)[C@@H]2CNC(=O)NCc2cc(=O)c(O)cn2O)c2nsc(N)n2)OC1=O. The molecule has 4 rings (SSSR count). The topological polar surface area (TPSA) is 310 Å². The Balaban J connectivity index is 1.45. The lowest BCUT2D eigenvalue weighted by Gasteiger charge is -2.44. The normalized spacial score (nSPS) is 21.9. The fourth-order valence-electron chi connectivity index (χ4n) is 3.34. The van der Waals surface area contributed by atoms with Crippen molar-refractivity contribution in [3.63, 3.8) is 0 Å². The van der Waals surface area contributed by atoms with E-state index in [4.69, 9.17) is 10.6 Å². The largest absolute Gasteiger partial charge is 0.503 e. The molecule has 4 amide bonds. The Morgan fingerprint density at radius 2 is 2.00 bits per heavy atom. The third kappa shape index (κ3) is 6.10. The van der Waals surface area contributed by atoms with Crippen molar-refractivity contribution < 1.29 is 52.0 Å². The second-order valence-corrected chi connectivity index (χ2v) is 10.4. The highest BCUT2D eigenvalue weighted by Gasteiger charge is 2.58. The van der Waals surface area contributed by atoms with Gasteiger partial charge >= 0.3 is 28.1 Å². The van der Waals surface area contributed by atoms with Crippen LogP contribution in [0.15, 0.2) is 22.2 Å². The Labute approximate surface area is 231 Å². The number of ether oxygens (including phenoxy) is 1. The molecule has 220 valence electrons. The molecule has 0 bridgehead atoms. The van der Waals surface area contributed by atoms with Crippen LogP contribution in [0.5, 0.6) is 5.75 Å². The average molecular weight is 618 g/mol. The number of pyridine rings is 1. The number of nitrogens with two attached hydrogens (primary N) is 1. The fraction of sp³-hybridized carbons (Fsp3) is 0.333. The highest BCUT2D eigenvalue weighted by atomic mass is 32.2. The van der Waals surface area contributed by atoms with Crippen molar-refractivity contribution in [3.8, 4) is 5.75 Å². The average Bonchev–Trinajstić information content (AvgIpc) is 3.24. The van der Waals surface area contributed by atoms with E-state index in [1.54, 1.807) is 0 Å². The molecule has 0 saturated carbocycles. The molecular weight excluding hydrogens is 598 g/mol. The van der Waals surface area contributed by atoms with Gasteiger partial charge < -0.3 is 41.6 Å². The first kappa shape index (κ1) is 29.0. The van der Waals surface area contributed by atoms with Gasteiger partial charge in [-0.15, -0.1) is 0 Å². The number of nitrogens with zero attached hydrogens (tertiary/aromatic N) is 5. The molecule has 4 heterocycles. The van der Waals surface area contributed by atoms with Gasteiger partial charge in [0.05, 0.1) is 24.5 Å². The van der Waals surface area contributed by atoms with E-state index in [0.29, 0.717) is 22.5 Å². The van der Waals surface area contributed by atoms with E-state index in [1.165, 1.54) is 6.92 Å². The summed E-state index contributed by atoms with van der Waals surface area (Å²) in [6.45, 7) is 0.123. The van der Waals surface area contributed by atoms with Gasteiger partial charge in [0.1, 0.15) is 6.04 Å². The molecule has 1 unspecified atom stereocenters. The molecule has 41 heavy (non-hydrogen) atoms. The number of aromatic nitrogens is 3. The minimum atomic E-state index is -5.13. The number of nitrogen functional groups attached to an aromatic ring is 1. The van der Waals surface area contributed by atoms with Crippen LogP contribution in [-0.4, -0.2) is 95.6 Å². The molecule has 2 saturated heterocycles. The quantitative estimate of drug-likeness (QED) is 0.0336. The number of β-lactam (4-membered cyclic amide) rings is 1. The van der Waals surface area contributed by atoms with Gasteiger partial charge in [-0.2, -0.15) is 22.5 Å². The number of hydrogen-bond donors (Lipinski definition) is 7. The summed E-state index contributed by atoms with van der Waals surface area (Å²) in [5, 5.41) is 29.0. The Bertz CT molecular complexity index is 1640. The predicted octanol–water partition coefficient (Wildman–Crippen LogP) is -3.78. The smallest absolute Gasteiger partial charge is 0.398 e. The molecule has 23 heteroatoms. The molecule has 2 aliphatic heterocycles. The number of hydrogen-bond acceptors (Lipinski definition) is 16. The number of epoxide rings is 1. The Hall–Kier alpha value is -5.03. The van der Waals surface area contributed by atoms with Gasteiger partial charge in [-0.25, -0.2) is 13.9 Å². The minimum absolute atomic E-state index is 0.00766. The van der Waals surface area contributed by atoms with Crippen LogP contribution in [0.4, 0.5) is 9.93 Å². The number of nitrogens with one attached hydrogen (secondary N) is 3. The maximum absolute atomic E-state index is 13.0. The first-order valence-corrected chi connectivity index (χ1v) is 13.1. The number of urea groups is 1. The van der Waals surface area contributed by atoms with Crippen molar-refractivity contribution in [2.75, 3.05) is 12.3 Å². The Morgan fingerprint density at radius 3 is 2.59 bits per heavy atom. The third-order valence-electron chi connectivity index (χ3n) is 5.49. The molecule has 2 aliphatic rings. The number of carbonyl (C=O) groups is 4. The number of amides is 4. The predicted molar refractivity (Wildman–Crippen MR) is 130 cm³/mol. The number of aromatic hydroxyl groups is 1. The minimum Gasteiger partial charge on any atom is -0.503 e. The van der Waals surface area contributed by atoms with Gasteiger partial charge in [0, 0.05) is 31.1 Å². The molecular formula is C18H19N9O12S2. The number of cyclic esters (lactones) is 1. The lowest BCUT2D eigenvalue weighted by molar-refractivity contribution is -0.144. The van der Waals surface area contributed by atoms with Crippen molar-refractivity contribution >= 4 is 56.5 Å². The summed E-state index contributed by atoms with van der Waals surface area (Å²) in [4.78, 5) is 69.3. The molecule has 8 N–H and O–H groups in total. The zero-order valence-electron chi connectivity index (χ0n) is 20.4. The van der Waals surface area contributed by atoms with Crippen molar-refractivity contribution in [1.82, 2.24) is 34.3 Å². The molecule has 2 aromatic rings. The van der Waals surface area contributed by atoms with Crippen molar-refractivity contribution in [2.45, 2.75) is 31.3 Å². The van der Waals surface area contributed by atoms with E-state index < -0.39 is 82.0 Å². The van der Waals surface area contributed by atoms with E-state index in [9.17, 15) is 47.3 Å². The first-order valence-electron chi connectivity index (χ1n) is 11.0. The summed E-state index contributed by atoms with van der Waals surface area (Å²) in [7, 11) is -5.13. The number of anilines is 1. The van der Waals surface area contributed by atoms with Gasteiger partial charge in [-0.05, 0) is 0 Å². The molecule has 0 aliphatic carbocycles. The zero-order valence-corrected chi connectivity index (χ0v) is 22.0. The molecule has 0 spiro atoms. The monoisotopic (exact) mass is 617 g/mol. The lowest BCUT2D eigenvalue weighted by Crippen LogP contribution is -2.74. The van der Waals surface area contributed by atoms with Gasteiger partial charge in [-0.3, -0.25) is 18.9 Å². The first-order chi connectivity index (χ1) is 19.1. The third-order valence-corrected chi connectivity index (χ3v) is 6.98. The number of rotatable bonds is 10. The molecule has 2 fully saturated rings. The highest BCUT2D eigenvalue weighted by Crippen LogP contribution is 2.30. The van der Waals surface area contributed by atoms with Gasteiger partial charge in [0.25, 0.3) is 11.8 Å². The van der Waals surface area contributed by atoms with E-state index in [1.807, 2.05) is 0 Å². The maximum atomic E-state index is 13.0. The van der Waals surface area contributed by atoms with Crippen molar-refractivity contribution in [1.29, 1.82) is 0 Å².